The minimum atomic E-state index is -0.184. The molecule has 0 aliphatic rings. The molecule has 1 aromatic heterocycles. The number of nitrogens with zero attached hydrogens (tertiary/aromatic N) is 1. The smallest absolute Gasteiger partial charge is 0.0974 e. The largest absolute Gasteiger partial charge is 0.265 e. The van der Waals surface area contributed by atoms with Gasteiger partial charge in [0.25, 0.3) is 0 Å². The first kappa shape index (κ1) is 10.6. The van der Waals surface area contributed by atoms with Gasteiger partial charge < -0.3 is 0 Å². The highest BCUT2D eigenvalue weighted by Crippen LogP contribution is 2.19. The molecular weight excluding hydrogens is 201 g/mol. The maximum atomic E-state index is 12.7. The van der Waals surface area contributed by atoms with E-state index in [9.17, 15) is 4.39 Å². The molecule has 0 unspecified atom stereocenters. The fourth-order valence-electron chi connectivity index (χ4n) is 1.55. The van der Waals surface area contributed by atoms with Gasteiger partial charge in [0.2, 0.25) is 0 Å². The van der Waals surface area contributed by atoms with Crippen molar-refractivity contribution in [1.82, 2.24) is 4.98 Å². The van der Waals surface area contributed by atoms with Crippen molar-refractivity contribution in [2.75, 3.05) is 0 Å². The second kappa shape index (κ2) is 4.71. The molecule has 80 valence electrons. The lowest BCUT2D eigenvalue weighted by atomic mass is 10.1. The van der Waals surface area contributed by atoms with Crippen molar-refractivity contribution in [1.29, 1.82) is 0 Å². The summed E-state index contributed by atoms with van der Waals surface area (Å²) in [6, 6.07) is 11.7. The molecule has 1 heterocycles. The van der Waals surface area contributed by atoms with E-state index in [0.717, 1.165) is 16.7 Å². The van der Waals surface area contributed by atoms with Crippen molar-refractivity contribution in [3.63, 3.8) is 0 Å². The number of hydrogen-bond donors (Lipinski definition) is 0. The van der Waals surface area contributed by atoms with Crippen LogP contribution >= 0.6 is 0 Å². The summed E-state index contributed by atoms with van der Waals surface area (Å²) in [7, 11) is 0. The van der Waals surface area contributed by atoms with Gasteiger partial charge in [-0.15, -0.1) is 0 Å². The van der Waals surface area contributed by atoms with Crippen LogP contribution < -0.4 is 0 Å². The third kappa shape index (κ3) is 2.54. The average Bonchev–Trinajstić information content (AvgIpc) is 2.30. The van der Waals surface area contributed by atoms with Crippen molar-refractivity contribution in [3.05, 3.63) is 60.2 Å². The molecular formula is C14H12FN. The molecule has 0 fully saturated rings. The molecule has 2 heteroatoms. The lowest BCUT2D eigenvalue weighted by molar-refractivity contribution is 0.648. The van der Waals surface area contributed by atoms with E-state index in [2.05, 4.69) is 4.98 Å². The minimum absolute atomic E-state index is 0.184. The van der Waals surface area contributed by atoms with Gasteiger partial charge in [-0.1, -0.05) is 24.3 Å². The first-order valence-electron chi connectivity index (χ1n) is 5.10. The van der Waals surface area contributed by atoms with E-state index in [1.165, 1.54) is 13.0 Å². The van der Waals surface area contributed by atoms with Crippen LogP contribution in [0.25, 0.3) is 17.2 Å². The Morgan fingerprint density at radius 3 is 2.12 bits per heavy atom. The molecule has 0 radical (unpaired) electrons. The number of allylic oxidation sites excluding steroid dienone is 1. The number of hydrogen-bond acceptors (Lipinski definition) is 1. The summed E-state index contributed by atoms with van der Waals surface area (Å²) in [5.74, 6) is -0.184. The van der Waals surface area contributed by atoms with Crippen LogP contribution in [0.15, 0.2) is 54.6 Å². The van der Waals surface area contributed by atoms with Crippen molar-refractivity contribution < 1.29 is 4.39 Å². The maximum Gasteiger partial charge on any atom is 0.0974 e. The number of rotatable bonds is 2. The summed E-state index contributed by atoms with van der Waals surface area (Å²) in [6.07, 6.45) is 5.03. The van der Waals surface area contributed by atoms with E-state index in [1.807, 2.05) is 36.4 Å². The van der Waals surface area contributed by atoms with Crippen LogP contribution in [0.5, 0.6) is 0 Å². The van der Waals surface area contributed by atoms with Gasteiger partial charge in [-0.25, -0.2) is 4.39 Å². The van der Waals surface area contributed by atoms with Crippen LogP contribution in [-0.4, -0.2) is 4.98 Å². The van der Waals surface area contributed by atoms with Gasteiger partial charge in [-0.05, 0) is 41.8 Å². The molecule has 1 nitrogen and oxygen atoms in total. The number of aromatic nitrogens is 1. The Hall–Kier alpha value is -1.96. The van der Waals surface area contributed by atoms with E-state index in [1.54, 1.807) is 12.4 Å². The Kier molecular flexibility index (Phi) is 3.10. The lowest BCUT2D eigenvalue weighted by Gasteiger charge is -2.01. The summed E-state index contributed by atoms with van der Waals surface area (Å²) in [5.41, 5.74) is 3.09. The predicted octanol–water partition coefficient (Wildman–Crippen LogP) is 4.08. The summed E-state index contributed by atoms with van der Waals surface area (Å²) in [4.78, 5) is 3.97. The highest BCUT2D eigenvalue weighted by Gasteiger charge is 1.96. The molecule has 0 aliphatic heterocycles. The summed E-state index contributed by atoms with van der Waals surface area (Å²) in [6.45, 7) is 1.44. The number of benzene rings is 1. The van der Waals surface area contributed by atoms with E-state index in [-0.39, 0.29) is 5.83 Å². The maximum absolute atomic E-state index is 12.7. The average molecular weight is 213 g/mol. The molecule has 16 heavy (non-hydrogen) atoms. The third-order valence-corrected chi connectivity index (χ3v) is 2.29. The van der Waals surface area contributed by atoms with E-state index in [0.29, 0.717) is 0 Å². The first-order chi connectivity index (χ1) is 7.75. The molecule has 0 amide bonds. The second-order valence-corrected chi connectivity index (χ2v) is 3.59. The highest BCUT2D eigenvalue weighted by molar-refractivity contribution is 5.65. The SMILES string of the molecule is C/C(F)=C\c1ccc(-c2ccncc2)cc1. The van der Waals surface area contributed by atoms with Crippen LogP contribution in [0.3, 0.4) is 0 Å². The molecule has 1 aromatic carbocycles. The zero-order valence-electron chi connectivity index (χ0n) is 9.02. The molecule has 0 atom stereocenters. The van der Waals surface area contributed by atoms with Gasteiger partial charge >= 0.3 is 0 Å². The van der Waals surface area contributed by atoms with Gasteiger partial charge in [-0.2, -0.15) is 0 Å². The van der Waals surface area contributed by atoms with E-state index in [4.69, 9.17) is 0 Å². The fourth-order valence-corrected chi connectivity index (χ4v) is 1.55. The zero-order chi connectivity index (χ0) is 11.4. The van der Waals surface area contributed by atoms with Crippen LogP contribution in [0.1, 0.15) is 12.5 Å². The quantitative estimate of drug-likeness (QED) is 0.732. The molecule has 0 N–H and O–H groups in total. The van der Waals surface area contributed by atoms with Gasteiger partial charge in [-0.3, -0.25) is 4.98 Å². The van der Waals surface area contributed by atoms with E-state index >= 15 is 0 Å². The molecule has 0 bridgehead atoms. The van der Waals surface area contributed by atoms with Crippen molar-refractivity contribution >= 4 is 6.08 Å². The second-order valence-electron chi connectivity index (χ2n) is 3.59. The highest BCUT2D eigenvalue weighted by atomic mass is 19.1. The normalized spacial score (nSPS) is 11.5. The van der Waals surface area contributed by atoms with E-state index < -0.39 is 0 Å². The van der Waals surface area contributed by atoms with Gasteiger partial charge in [0.05, 0.1) is 5.83 Å². The number of pyridine rings is 1. The van der Waals surface area contributed by atoms with Crippen LogP contribution in [-0.2, 0) is 0 Å². The Bertz CT molecular complexity index is 482. The Morgan fingerprint density at radius 2 is 1.56 bits per heavy atom. The van der Waals surface area contributed by atoms with Crippen molar-refractivity contribution in [2.24, 2.45) is 0 Å². The zero-order valence-corrected chi connectivity index (χ0v) is 9.02. The molecule has 0 aliphatic carbocycles. The van der Waals surface area contributed by atoms with Gasteiger partial charge in [0.1, 0.15) is 0 Å². The molecule has 0 saturated heterocycles. The molecule has 0 spiro atoms. The standard InChI is InChI=1S/C14H12FN/c1-11(15)10-12-2-4-13(5-3-12)14-6-8-16-9-7-14/h2-10H,1H3/b11-10+. The molecule has 2 rings (SSSR count). The van der Waals surface area contributed by atoms with Crippen LogP contribution in [0.4, 0.5) is 4.39 Å². The third-order valence-electron chi connectivity index (χ3n) is 2.29. The topological polar surface area (TPSA) is 12.9 Å². The summed E-state index contributed by atoms with van der Waals surface area (Å²) >= 11 is 0. The van der Waals surface area contributed by atoms with Crippen LogP contribution in [0, 0.1) is 0 Å². The summed E-state index contributed by atoms with van der Waals surface area (Å²) < 4.78 is 12.7. The minimum Gasteiger partial charge on any atom is -0.265 e. The molecule has 0 saturated carbocycles. The summed E-state index contributed by atoms with van der Waals surface area (Å²) in [5, 5.41) is 0. The Balaban J connectivity index is 2.30. The van der Waals surface area contributed by atoms with Crippen molar-refractivity contribution in [3.8, 4) is 11.1 Å². The first-order valence-corrected chi connectivity index (χ1v) is 5.10. The predicted molar refractivity (Wildman–Crippen MR) is 64.4 cm³/mol. The number of halogens is 1. The van der Waals surface area contributed by atoms with Gasteiger partial charge in [0.15, 0.2) is 0 Å². The Labute approximate surface area is 94.3 Å². The molecule has 2 aromatic rings. The lowest BCUT2D eigenvalue weighted by Crippen LogP contribution is -1.79. The van der Waals surface area contributed by atoms with Crippen LogP contribution in [0.2, 0.25) is 0 Å². The van der Waals surface area contributed by atoms with Crippen molar-refractivity contribution in [2.45, 2.75) is 6.92 Å². The monoisotopic (exact) mass is 213 g/mol. The Morgan fingerprint density at radius 1 is 1.00 bits per heavy atom. The fraction of sp³-hybridized carbons (Fsp3) is 0.0714. The van der Waals surface area contributed by atoms with Gasteiger partial charge in [0, 0.05) is 12.4 Å².